The van der Waals surface area contributed by atoms with Gasteiger partial charge < -0.3 is 0 Å². The molecule has 0 saturated heterocycles. The predicted octanol–water partition coefficient (Wildman–Crippen LogP) is 1.21. The second-order valence-corrected chi connectivity index (χ2v) is 8.14. The molecule has 18 heavy (non-hydrogen) atoms. The van der Waals surface area contributed by atoms with Crippen molar-refractivity contribution in [1.82, 2.24) is 0 Å². The van der Waals surface area contributed by atoms with Gasteiger partial charge in [0.05, 0.1) is 22.9 Å². The molecule has 0 saturated carbocycles. The van der Waals surface area contributed by atoms with E-state index in [0.717, 1.165) is 6.26 Å². The van der Waals surface area contributed by atoms with E-state index in [1.165, 1.54) is 12.1 Å². The summed E-state index contributed by atoms with van der Waals surface area (Å²) >= 11 is 0. The Bertz CT molecular complexity index is 621. The Morgan fingerprint density at radius 2 is 1.50 bits per heavy atom. The first-order chi connectivity index (χ1) is 8.10. The smallest absolute Gasteiger partial charge is 0.235 e. The van der Waals surface area contributed by atoms with E-state index >= 15 is 0 Å². The van der Waals surface area contributed by atoms with Crippen LogP contribution >= 0.6 is 0 Å². The number of hydrogen-bond acceptors (Lipinski definition) is 4. The Kier molecular flexibility index (Phi) is 4.23. The van der Waals surface area contributed by atoms with E-state index in [-0.39, 0.29) is 0 Å². The van der Waals surface area contributed by atoms with Gasteiger partial charge in [-0.25, -0.2) is 16.8 Å². The second kappa shape index (κ2) is 5.15. The molecule has 0 radical (unpaired) electrons. The van der Waals surface area contributed by atoms with Crippen LogP contribution in [0, 0.1) is 0 Å². The van der Waals surface area contributed by atoms with Crippen LogP contribution in [0.5, 0.6) is 0 Å². The molecule has 0 unspecified atom stereocenters. The fourth-order valence-electron chi connectivity index (χ4n) is 1.14. The van der Waals surface area contributed by atoms with Crippen molar-refractivity contribution < 1.29 is 16.8 Å². The zero-order chi connectivity index (χ0) is 14.0. The van der Waals surface area contributed by atoms with E-state index in [2.05, 4.69) is 9.44 Å². The maximum atomic E-state index is 11.6. The summed E-state index contributed by atoms with van der Waals surface area (Å²) in [5.74, 6) is 0. The average molecular weight is 292 g/mol. The maximum Gasteiger partial charge on any atom is 0.235 e. The Labute approximate surface area is 108 Å². The summed E-state index contributed by atoms with van der Waals surface area (Å²) in [6.45, 7) is 3.11. The highest BCUT2D eigenvalue weighted by Crippen LogP contribution is 2.18. The van der Waals surface area contributed by atoms with Crippen LogP contribution in [0.3, 0.4) is 0 Å². The highest BCUT2D eigenvalue weighted by molar-refractivity contribution is 7.93. The molecule has 0 spiro atoms. The number of hydrogen-bond donors (Lipinski definition) is 2. The summed E-state index contributed by atoms with van der Waals surface area (Å²) in [5.41, 5.74) is 0.624. The van der Waals surface area contributed by atoms with Gasteiger partial charge in [0, 0.05) is 0 Å². The fourth-order valence-corrected chi connectivity index (χ4v) is 2.39. The monoisotopic (exact) mass is 292 g/mol. The van der Waals surface area contributed by atoms with Crippen molar-refractivity contribution in [1.29, 1.82) is 0 Å². The Morgan fingerprint density at radius 3 is 1.94 bits per heavy atom. The molecule has 1 rings (SSSR count). The van der Waals surface area contributed by atoms with Crippen LogP contribution in [-0.4, -0.2) is 28.3 Å². The van der Waals surface area contributed by atoms with Gasteiger partial charge in [0.2, 0.25) is 20.0 Å². The summed E-state index contributed by atoms with van der Waals surface area (Å²) < 4.78 is 50.1. The number of rotatable bonds is 5. The van der Waals surface area contributed by atoms with Crippen LogP contribution in [0.1, 0.15) is 13.8 Å². The van der Waals surface area contributed by atoms with Crippen LogP contribution in [0.4, 0.5) is 11.4 Å². The van der Waals surface area contributed by atoms with Crippen molar-refractivity contribution >= 4 is 31.4 Å². The molecule has 8 heteroatoms. The minimum atomic E-state index is -3.44. The third-order valence-corrected chi connectivity index (χ3v) is 4.41. The van der Waals surface area contributed by atoms with E-state index in [4.69, 9.17) is 0 Å². The summed E-state index contributed by atoms with van der Waals surface area (Å²) in [5, 5.41) is -0.566. The van der Waals surface area contributed by atoms with Gasteiger partial charge in [0.15, 0.2) is 0 Å². The lowest BCUT2D eigenvalue weighted by Crippen LogP contribution is -2.22. The van der Waals surface area contributed by atoms with Crippen molar-refractivity contribution in [2.45, 2.75) is 19.1 Å². The zero-order valence-electron chi connectivity index (χ0n) is 10.3. The van der Waals surface area contributed by atoms with Crippen LogP contribution in [0.2, 0.25) is 0 Å². The number of anilines is 2. The molecule has 0 aliphatic heterocycles. The molecule has 0 aromatic heterocycles. The summed E-state index contributed by atoms with van der Waals surface area (Å²) in [4.78, 5) is 0. The Hall–Kier alpha value is -1.28. The van der Waals surface area contributed by atoms with E-state index in [9.17, 15) is 16.8 Å². The van der Waals surface area contributed by atoms with Gasteiger partial charge >= 0.3 is 0 Å². The molecule has 0 bridgehead atoms. The largest absolute Gasteiger partial charge is 0.284 e. The third-order valence-electron chi connectivity index (χ3n) is 2.05. The molecule has 0 heterocycles. The molecule has 6 nitrogen and oxygen atoms in total. The van der Waals surface area contributed by atoms with Gasteiger partial charge in [-0.1, -0.05) is 6.07 Å². The SMILES string of the molecule is CC(C)S(=O)(=O)Nc1cccc(NS(C)(=O)=O)c1. The highest BCUT2D eigenvalue weighted by Gasteiger charge is 2.15. The third kappa shape index (κ3) is 4.53. The van der Waals surface area contributed by atoms with Crippen molar-refractivity contribution in [2.24, 2.45) is 0 Å². The molecule has 0 aliphatic carbocycles. The molecule has 0 atom stereocenters. The second-order valence-electron chi connectivity index (χ2n) is 4.15. The van der Waals surface area contributed by atoms with Gasteiger partial charge in [-0.15, -0.1) is 0 Å². The molecule has 1 aromatic carbocycles. The van der Waals surface area contributed by atoms with Crippen LogP contribution in [-0.2, 0) is 20.0 Å². The van der Waals surface area contributed by atoms with Crippen molar-refractivity contribution in [3.8, 4) is 0 Å². The fraction of sp³-hybridized carbons (Fsp3) is 0.400. The van der Waals surface area contributed by atoms with Crippen LogP contribution in [0.25, 0.3) is 0 Å². The van der Waals surface area contributed by atoms with Gasteiger partial charge in [0.1, 0.15) is 0 Å². The highest BCUT2D eigenvalue weighted by atomic mass is 32.2. The van der Waals surface area contributed by atoms with Crippen molar-refractivity contribution in [3.05, 3.63) is 24.3 Å². The summed E-state index contributed by atoms with van der Waals surface area (Å²) in [6, 6.07) is 6.06. The predicted molar refractivity (Wildman–Crippen MR) is 72.6 cm³/mol. The number of sulfonamides is 2. The minimum absolute atomic E-state index is 0.307. The Morgan fingerprint density at radius 1 is 1.00 bits per heavy atom. The van der Waals surface area contributed by atoms with Crippen molar-refractivity contribution in [2.75, 3.05) is 15.7 Å². The van der Waals surface area contributed by atoms with Gasteiger partial charge in [-0.3, -0.25) is 9.44 Å². The molecule has 102 valence electrons. The van der Waals surface area contributed by atoms with Gasteiger partial charge in [-0.2, -0.15) is 0 Å². The van der Waals surface area contributed by atoms with E-state index < -0.39 is 25.3 Å². The van der Waals surface area contributed by atoms with Crippen LogP contribution < -0.4 is 9.44 Å². The molecule has 1 aromatic rings. The Balaban J connectivity index is 2.97. The van der Waals surface area contributed by atoms with E-state index in [1.807, 2.05) is 0 Å². The number of benzene rings is 1. The topological polar surface area (TPSA) is 92.3 Å². The first-order valence-electron chi connectivity index (χ1n) is 5.19. The molecular formula is C10H16N2O4S2. The lowest BCUT2D eigenvalue weighted by molar-refractivity contribution is 0.592. The summed E-state index contributed by atoms with van der Waals surface area (Å²) in [6.07, 6.45) is 1.03. The first kappa shape index (κ1) is 14.8. The molecule has 0 aliphatic rings. The van der Waals surface area contributed by atoms with Gasteiger partial charge in [-0.05, 0) is 32.0 Å². The first-order valence-corrected chi connectivity index (χ1v) is 8.63. The molecule has 0 amide bonds. The quantitative estimate of drug-likeness (QED) is 0.853. The zero-order valence-corrected chi connectivity index (χ0v) is 12.0. The molecule has 2 N–H and O–H groups in total. The lowest BCUT2D eigenvalue weighted by atomic mass is 10.3. The molecular weight excluding hydrogens is 276 g/mol. The van der Waals surface area contributed by atoms with Crippen LogP contribution in [0.15, 0.2) is 24.3 Å². The summed E-state index contributed by atoms with van der Waals surface area (Å²) in [7, 11) is -6.82. The van der Waals surface area contributed by atoms with Crippen molar-refractivity contribution in [3.63, 3.8) is 0 Å². The lowest BCUT2D eigenvalue weighted by Gasteiger charge is -2.12. The standard InChI is InChI=1S/C10H16N2O4S2/c1-8(2)18(15,16)12-10-6-4-5-9(7-10)11-17(3,13)14/h4-8,11-12H,1-3H3. The van der Waals surface area contributed by atoms with E-state index in [0.29, 0.717) is 11.4 Å². The minimum Gasteiger partial charge on any atom is -0.284 e. The maximum absolute atomic E-state index is 11.6. The van der Waals surface area contributed by atoms with E-state index in [1.54, 1.807) is 26.0 Å². The average Bonchev–Trinajstić information content (AvgIpc) is 2.13. The molecule has 0 fully saturated rings. The van der Waals surface area contributed by atoms with Gasteiger partial charge in [0.25, 0.3) is 0 Å². The number of nitrogens with one attached hydrogen (secondary N) is 2. The normalized spacial score (nSPS) is 12.4.